The minimum atomic E-state index is -0.995. The summed E-state index contributed by atoms with van der Waals surface area (Å²) in [6, 6.07) is 9.82. The van der Waals surface area contributed by atoms with Crippen LogP contribution < -0.4 is 5.32 Å². The van der Waals surface area contributed by atoms with Crippen molar-refractivity contribution in [2.75, 3.05) is 19.6 Å². The lowest BCUT2D eigenvalue weighted by atomic mass is 9.91. The highest BCUT2D eigenvalue weighted by atomic mass is 16.4. The van der Waals surface area contributed by atoms with Crippen molar-refractivity contribution in [3.63, 3.8) is 0 Å². The summed E-state index contributed by atoms with van der Waals surface area (Å²) in [5, 5.41) is 11.9. The molecule has 0 saturated carbocycles. The summed E-state index contributed by atoms with van der Waals surface area (Å²) < 4.78 is 0. The lowest BCUT2D eigenvalue weighted by Gasteiger charge is -2.32. The van der Waals surface area contributed by atoms with Gasteiger partial charge in [-0.2, -0.15) is 0 Å². The molecule has 1 aromatic carbocycles. The van der Waals surface area contributed by atoms with Gasteiger partial charge in [0.15, 0.2) is 0 Å². The summed E-state index contributed by atoms with van der Waals surface area (Å²) in [6.07, 6.45) is 11.7. The lowest BCUT2D eigenvalue weighted by Crippen LogP contribution is -2.38. The first-order valence-corrected chi connectivity index (χ1v) is 11.0. The van der Waals surface area contributed by atoms with Crippen LogP contribution in [0.2, 0.25) is 0 Å². The second-order valence-electron chi connectivity index (χ2n) is 8.02. The summed E-state index contributed by atoms with van der Waals surface area (Å²) in [4.78, 5) is 41.3. The number of carboxylic acids is 1. The van der Waals surface area contributed by atoms with Crippen molar-refractivity contribution < 1.29 is 19.5 Å². The standard InChI is InChI=1S/C25H29N3O4/c29-23(11-6-20-5-3-14-26-18-20)27-15-2-1-4-19-12-16-28(17-13-19)24(30)21-7-9-22(10-8-21)25(31)32/h3,5-11,14,18-19H,1-2,4,12-13,15-17H2,(H,27,29)(H,31,32)/b11-6+. The van der Waals surface area contributed by atoms with Gasteiger partial charge in [0.05, 0.1) is 5.56 Å². The van der Waals surface area contributed by atoms with E-state index in [9.17, 15) is 14.4 Å². The first kappa shape index (κ1) is 23.2. The molecule has 1 fully saturated rings. The van der Waals surface area contributed by atoms with Gasteiger partial charge in [-0.3, -0.25) is 14.6 Å². The number of rotatable bonds is 9. The maximum Gasteiger partial charge on any atom is 0.335 e. The van der Waals surface area contributed by atoms with Gasteiger partial charge in [0, 0.05) is 43.7 Å². The molecule has 0 bridgehead atoms. The van der Waals surface area contributed by atoms with Gasteiger partial charge in [-0.05, 0) is 67.2 Å². The molecule has 7 heteroatoms. The molecule has 0 unspecified atom stereocenters. The molecule has 0 atom stereocenters. The minimum absolute atomic E-state index is 0.0394. The number of carboxylic acid groups (broad SMARTS) is 1. The maximum atomic E-state index is 12.6. The van der Waals surface area contributed by atoms with Crippen molar-refractivity contribution >= 4 is 23.9 Å². The summed E-state index contributed by atoms with van der Waals surface area (Å²) in [5.74, 6) is -0.542. The van der Waals surface area contributed by atoms with Crippen LogP contribution in [0.1, 0.15) is 58.4 Å². The first-order valence-electron chi connectivity index (χ1n) is 11.0. The Morgan fingerprint density at radius 3 is 2.44 bits per heavy atom. The molecule has 0 radical (unpaired) electrons. The lowest BCUT2D eigenvalue weighted by molar-refractivity contribution is -0.116. The summed E-state index contributed by atoms with van der Waals surface area (Å²) >= 11 is 0. The molecule has 1 aromatic heterocycles. The number of nitrogens with one attached hydrogen (secondary N) is 1. The monoisotopic (exact) mass is 435 g/mol. The fourth-order valence-electron chi connectivity index (χ4n) is 3.84. The van der Waals surface area contributed by atoms with E-state index < -0.39 is 5.97 Å². The maximum absolute atomic E-state index is 12.6. The summed E-state index contributed by atoms with van der Waals surface area (Å²) in [6.45, 7) is 2.10. The first-order chi connectivity index (χ1) is 15.5. The number of nitrogens with zero attached hydrogens (tertiary/aromatic N) is 2. The Hall–Kier alpha value is -3.48. The Morgan fingerprint density at radius 1 is 1.06 bits per heavy atom. The quantitative estimate of drug-likeness (QED) is 0.463. The number of aromatic carboxylic acids is 1. The number of benzene rings is 1. The molecule has 32 heavy (non-hydrogen) atoms. The molecule has 0 spiro atoms. The van der Waals surface area contributed by atoms with Crippen LogP contribution in [0.25, 0.3) is 6.08 Å². The number of carbonyl (C=O) groups excluding carboxylic acids is 2. The van der Waals surface area contributed by atoms with Crippen LogP contribution >= 0.6 is 0 Å². The van der Waals surface area contributed by atoms with Gasteiger partial charge in [0.2, 0.25) is 5.91 Å². The number of carbonyl (C=O) groups is 3. The molecule has 2 heterocycles. The Kier molecular flexibility index (Phi) is 8.54. The normalized spacial score (nSPS) is 14.4. The van der Waals surface area contributed by atoms with Crippen LogP contribution in [0, 0.1) is 5.92 Å². The number of likely N-dealkylation sites (tertiary alicyclic amines) is 1. The molecule has 1 aliphatic rings. The zero-order valence-corrected chi connectivity index (χ0v) is 18.1. The number of hydrogen-bond donors (Lipinski definition) is 2. The predicted molar refractivity (Wildman–Crippen MR) is 122 cm³/mol. The fourth-order valence-corrected chi connectivity index (χ4v) is 3.84. The average molecular weight is 436 g/mol. The van der Waals surface area contributed by atoms with Crippen molar-refractivity contribution in [1.82, 2.24) is 15.2 Å². The SMILES string of the molecule is O=C(/C=C/c1cccnc1)NCCCCC1CCN(C(=O)c2ccc(C(=O)O)cc2)CC1. The third-order valence-electron chi connectivity index (χ3n) is 5.73. The van der Waals surface area contributed by atoms with Gasteiger partial charge in [-0.15, -0.1) is 0 Å². The van der Waals surface area contributed by atoms with Crippen LogP contribution in [0.4, 0.5) is 0 Å². The zero-order chi connectivity index (χ0) is 22.8. The topological polar surface area (TPSA) is 99.6 Å². The number of aromatic nitrogens is 1. The Bertz CT molecular complexity index is 933. The predicted octanol–water partition coefficient (Wildman–Crippen LogP) is 3.63. The van der Waals surface area contributed by atoms with Crippen molar-refractivity contribution in [2.45, 2.75) is 32.1 Å². The van der Waals surface area contributed by atoms with Crippen molar-refractivity contribution in [2.24, 2.45) is 5.92 Å². The number of unbranched alkanes of at least 4 members (excludes halogenated alkanes) is 1. The van der Waals surface area contributed by atoms with Gasteiger partial charge in [0.1, 0.15) is 0 Å². The van der Waals surface area contributed by atoms with Crippen molar-refractivity contribution in [1.29, 1.82) is 0 Å². The molecule has 1 aliphatic heterocycles. The minimum Gasteiger partial charge on any atom is -0.478 e. The largest absolute Gasteiger partial charge is 0.478 e. The number of hydrogen-bond acceptors (Lipinski definition) is 4. The van der Waals surface area contributed by atoms with Crippen LogP contribution in [-0.2, 0) is 4.79 Å². The van der Waals surface area contributed by atoms with Gasteiger partial charge >= 0.3 is 5.97 Å². The van der Waals surface area contributed by atoms with E-state index in [0.717, 1.165) is 50.8 Å². The molecular weight excluding hydrogens is 406 g/mol. The second-order valence-corrected chi connectivity index (χ2v) is 8.02. The van der Waals surface area contributed by atoms with Crippen molar-refractivity contribution in [3.8, 4) is 0 Å². The number of amides is 2. The summed E-state index contributed by atoms with van der Waals surface area (Å²) in [7, 11) is 0. The van der Waals surface area contributed by atoms with Gasteiger partial charge < -0.3 is 15.3 Å². The molecule has 168 valence electrons. The highest BCUT2D eigenvalue weighted by molar-refractivity contribution is 5.96. The van der Waals surface area contributed by atoms with E-state index in [1.165, 1.54) is 18.2 Å². The van der Waals surface area contributed by atoms with Gasteiger partial charge in [-0.1, -0.05) is 18.9 Å². The highest BCUT2D eigenvalue weighted by Crippen LogP contribution is 2.23. The van der Waals surface area contributed by atoms with E-state index in [4.69, 9.17) is 5.11 Å². The van der Waals surface area contributed by atoms with Gasteiger partial charge in [-0.25, -0.2) is 4.79 Å². The third-order valence-corrected chi connectivity index (χ3v) is 5.73. The molecule has 2 amide bonds. The second kappa shape index (κ2) is 11.8. The van der Waals surface area contributed by atoms with Gasteiger partial charge in [0.25, 0.3) is 5.91 Å². The zero-order valence-electron chi connectivity index (χ0n) is 18.1. The average Bonchev–Trinajstić information content (AvgIpc) is 2.83. The Balaban J connectivity index is 1.30. The van der Waals surface area contributed by atoms with E-state index in [-0.39, 0.29) is 17.4 Å². The third kappa shape index (κ3) is 7.04. The highest BCUT2D eigenvalue weighted by Gasteiger charge is 2.23. The van der Waals surface area contributed by atoms with E-state index in [1.54, 1.807) is 30.6 Å². The molecule has 2 N–H and O–H groups in total. The van der Waals surface area contributed by atoms with E-state index >= 15 is 0 Å². The molecule has 1 saturated heterocycles. The molecule has 7 nitrogen and oxygen atoms in total. The van der Waals surface area contributed by atoms with Crippen molar-refractivity contribution in [3.05, 3.63) is 71.6 Å². The van der Waals surface area contributed by atoms with Crippen LogP contribution in [0.15, 0.2) is 54.9 Å². The number of piperidine rings is 1. The van der Waals surface area contributed by atoms with E-state index in [0.29, 0.717) is 18.0 Å². The molecule has 0 aliphatic carbocycles. The van der Waals surface area contributed by atoms with Crippen LogP contribution in [0.3, 0.4) is 0 Å². The van der Waals surface area contributed by atoms with Crippen LogP contribution in [0.5, 0.6) is 0 Å². The fraction of sp³-hybridized carbons (Fsp3) is 0.360. The van der Waals surface area contributed by atoms with E-state index in [1.807, 2.05) is 17.0 Å². The Morgan fingerprint density at radius 2 is 1.78 bits per heavy atom. The molecule has 3 rings (SSSR count). The number of pyridine rings is 1. The summed E-state index contributed by atoms with van der Waals surface area (Å²) in [5.41, 5.74) is 1.60. The smallest absolute Gasteiger partial charge is 0.335 e. The molecule has 2 aromatic rings. The Labute approximate surface area is 188 Å². The van der Waals surface area contributed by atoms with Crippen LogP contribution in [-0.4, -0.2) is 52.4 Å². The van der Waals surface area contributed by atoms with E-state index in [2.05, 4.69) is 10.3 Å². The molecular formula is C25H29N3O4.